The van der Waals surface area contributed by atoms with Gasteiger partial charge in [0.1, 0.15) is 16.6 Å². The van der Waals surface area contributed by atoms with Crippen molar-refractivity contribution in [1.29, 1.82) is 5.26 Å². The van der Waals surface area contributed by atoms with Crippen LogP contribution in [-0.2, 0) is 6.42 Å². The summed E-state index contributed by atoms with van der Waals surface area (Å²) >= 11 is 2.92. The smallest absolute Gasteiger partial charge is 0.315 e. The van der Waals surface area contributed by atoms with Crippen molar-refractivity contribution in [3.63, 3.8) is 0 Å². The van der Waals surface area contributed by atoms with Gasteiger partial charge in [0.25, 0.3) is 0 Å². The summed E-state index contributed by atoms with van der Waals surface area (Å²) in [5.41, 5.74) is 9.12. The summed E-state index contributed by atoms with van der Waals surface area (Å²) in [6, 6.07) is 10.0. The number of nitriles is 1. The Balaban J connectivity index is 1.34. The minimum atomic E-state index is -0.344. The Kier molecular flexibility index (Phi) is 5.58. The van der Waals surface area contributed by atoms with Crippen molar-refractivity contribution in [3.8, 4) is 17.3 Å². The van der Waals surface area contributed by atoms with Crippen LogP contribution in [0.4, 0.5) is 20.9 Å². The number of rotatable bonds is 5. The molecule has 0 bridgehead atoms. The second kappa shape index (κ2) is 8.71. The number of likely N-dealkylation sites (tertiary alicyclic amines) is 1. The maximum atomic E-state index is 11.8. The largest absolute Gasteiger partial charge is 0.351 e. The number of nitrogens with two attached hydrogens (primary N) is 1. The summed E-state index contributed by atoms with van der Waals surface area (Å²) in [5.74, 6) is 0.852. The second-order valence-electron chi connectivity index (χ2n) is 9.66. The van der Waals surface area contributed by atoms with Gasteiger partial charge in [-0.25, -0.2) is 14.8 Å². The summed E-state index contributed by atoms with van der Waals surface area (Å²) in [6.07, 6.45) is 2.60. The van der Waals surface area contributed by atoms with Crippen molar-refractivity contribution in [3.05, 3.63) is 40.4 Å². The van der Waals surface area contributed by atoms with Gasteiger partial charge in [-0.15, -0.1) is 5.10 Å². The average Bonchev–Trinajstić information content (AvgIpc) is 3.64. The van der Waals surface area contributed by atoms with E-state index in [-0.39, 0.29) is 11.6 Å². The molecule has 5 heterocycles. The number of carbonyl (C=O) groups excluding carboxylic acids is 1. The number of hydrogen-bond donors (Lipinski definition) is 1. The van der Waals surface area contributed by atoms with E-state index in [1.54, 1.807) is 16.2 Å². The average molecular weight is 534 g/mol. The first-order valence-corrected chi connectivity index (χ1v) is 13.9. The van der Waals surface area contributed by atoms with Gasteiger partial charge in [-0.2, -0.15) is 9.78 Å². The van der Waals surface area contributed by atoms with Crippen molar-refractivity contribution < 1.29 is 4.79 Å². The van der Waals surface area contributed by atoms with E-state index in [0.29, 0.717) is 15.7 Å². The van der Waals surface area contributed by atoms with Crippen LogP contribution >= 0.6 is 22.7 Å². The van der Waals surface area contributed by atoms with Crippen molar-refractivity contribution in [2.24, 2.45) is 5.73 Å². The third-order valence-corrected chi connectivity index (χ3v) is 9.47. The molecule has 0 aliphatic carbocycles. The number of primary amides is 1. The summed E-state index contributed by atoms with van der Waals surface area (Å²) in [7, 11) is 1.95. The maximum Gasteiger partial charge on any atom is 0.315 e. The molecule has 2 amide bonds. The molecule has 2 aliphatic rings. The van der Waals surface area contributed by atoms with Gasteiger partial charge in [0.2, 0.25) is 10.1 Å². The molecular weight excluding hydrogens is 506 g/mol. The van der Waals surface area contributed by atoms with Crippen LogP contribution in [-0.4, -0.2) is 62.7 Å². The Morgan fingerprint density at radius 2 is 1.97 bits per heavy atom. The molecule has 2 saturated heterocycles. The third-order valence-electron chi connectivity index (χ3n) is 7.46. The lowest BCUT2D eigenvalue weighted by Gasteiger charge is -2.49. The fourth-order valence-electron chi connectivity index (χ4n) is 5.32. The second-order valence-corrected chi connectivity index (χ2v) is 11.6. The lowest BCUT2D eigenvalue weighted by atomic mass is 9.84. The molecule has 1 atom stereocenters. The number of hydrogen-bond acceptors (Lipinski definition) is 9. The molecule has 37 heavy (non-hydrogen) atoms. The van der Waals surface area contributed by atoms with Crippen molar-refractivity contribution >= 4 is 49.7 Å². The van der Waals surface area contributed by atoms with Gasteiger partial charge in [0, 0.05) is 32.2 Å². The van der Waals surface area contributed by atoms with E-state index in [2.05, 4.69) is 17.9 Å². The first-order valence-electron chi connectivity index (χ1n) is 12.3. The van der Waals surface area contributed by atoms with Crippen LogP contribution in [0.5, 0.6) is 0 Å². The number of carbonyl (C=O) groups is 1. The normalized spacial score (nSPS) is 19.0. The van der Waals surface area contributed by atoms with E-state index in [1.165, 1.54) is 11.3 Å². The van der Waals surface area contributed by atoms with Crippen LogP contribution in [0.15, 0.2) is 24.3 Å². The van der Waals surface area contributed by atoms with E-state index < -0.39 is 0 Å². The standard InChI is InChI=1S/C25H27N9OS2/c1-4-17-20(31(3)22-29-19(18(13-26)36-22)16-7-5-15(2)6-8-16)34-23(28-17)37-24(30-34)32-11-9-25(14-32)10-12-33(25)21(27)35/h5-8H,4,9-12,14H2,1-3H3,(H2,27,35). The molecule has 12 heteroatoms. The molecule has 0 radical (unpaired) electrons. The molecule has 190 valence electrons. The minimum Gasteiger partial charge on any atom is -0.351 e. The SMILES string of the molecule is CCc1nc2sc(N3CCC4(CCN4C(N)=O)C3)nn2c1N(C)c1nc(-c2ccc(C)cc2)c(C#N)s1. The van der Waals surface area contributed by atoms with Crippen LogP contribution < -0.4 is 15.5 Å². The first kappa shape index (κ1) is 23.7. The van der Waals surface area contributed by atoms with Gasteiger partial charge in [-0.3, -0.25) is 0 Å². The summed E-state index contributed by atoms with van der Waals surface area (Å²) < 4.78 is 1.88. The number of amides is 2. The van der Waals surface area contributed by atoms with Gasteiger partial charge in [0.15, 0.2) is 10.9 Å². The number of imidazole rings is 1. The highest BCUT2D eigenvalue weighted by molar-refractivity contribution is 7.20. The number of anilines is 3. The molecule has 1 spiro atoms. The zero-order chi connectivity index (χ0) is 25.9. The van der Waals surface area contributed by atoms with Crippen molar-refractivity contribution in [2.75, 3.05) is 36.5 Å². The number of aromatic nitrogens is 4. The van der Waals surface area contributed by atoms with Crippen LogP contribution in [0.3, 0.4) is 0 Å². The van der Waals surface area contributed by atoms with Crippen LogP contribution in [0, 0.1) is 18.3 Å². The van der Waals surface area contributed by atoms with Crippen LogP contribution in [0.25, 0.3) is 16.2 Å². The fourth-order valence-corrected chi connectivity index (χ4v) is 7.11. The number of aryl methyl sites for hydroxylation is 2. The predicted molar refractivity (Wildman–Crippen MR) is 146 cm³/mol. The number of thiazole rings is 1. The molecule has 4 aromatic rings. The molecule has 0 saturated carbocycles. The highest BCUT2D eigenvalue weighted by Crippen LogP contribution is 2.42. The van der Waals surface area contributed by atoms with Gasteiger partial charge >= 0.3 is 6.03 Å². The van der Waals surface area contributed by atoms with Crippen molar-refractivity contribution in [2.45, 2.75) is 38.6 Å². The summed E-state index contributed by atoms with van der Waals surface area (Å²) in [6.45, 7) is 6.39. The van der Waals surface area contributed by atoms with Gasteiger partial charge in [-0.05, 0) is 26.2 Å². The van der Waals surface area contributed by atoms with Gasteiger partial charge in [0.05, 0.1) is 11.2 Å². The number of fused-ring (bicyclic) bond motifs is 1. The molecule has 1 aromatic carbocycles. The van der Waals surface area contributed by atoms with Crippen LogP contribution in [0.2, 0.25) is 0 Å². The molecule has 3 aromatic heterocycles. The Hall–Kier alpha value is -3.69. The maximum absolute atomic E-state index is 11.8. The number of nitrogens with zero attached hydrogens (tertiary/aromatic N) is 8. The zero-order valence-electron chi connectivity index (χ0n) is 20.9. The molecule has 2 aliphatic heterocycles. The van der Waals surface area contributed by atoms with E-state index >= 15 is 0 Å². The fraction of sp³-hybridized carbons (Fsp3) is 0.400. The van der Waals surface area contributed by atoms with E-state index in [9.17, 15) is 10.1 Å². The Bertz CT molecular complexity index is 1550. The van der Waals surface area contributed by atoms with E-state index in [0.717, 1.165) is 71.6 Å². The summed E-state index contributed by atoms with van der Waals surface area (Å²) in [4.78, 5) is 29.0. The zero-order valence-corrected chi connectivity index (χ0v) is 22.6. The highest BCUT2D eigenvalue weighted by Gasteiger charge is 2.51. The van der Waals surface area contributed by atoms with Crippen LogP contribution in [0.1, 0.15) is 35.9 Å². The number of benzene rings is 1. The predicted octanol–water partition coefficient (Wildman–Crippen LogP) is 4.16. The Labute approximate surface area is 222 Å². The quantitative estimate of drug-likeness (QED) is 0.409. The minimum absolute atomic E-state index is 0.172. The molecule has 2 fully saturated rings. The summed E-state index contributed by atoms with van der Waals surface area (Å²) in [5, 5.41) is 16.4. The molecule has 2 N–H and O–H groups in total. The third kappa shape index (κ3) is 3.72. The molecular formula is C25H27N9OS2. The van der Waals surface area contributed by atoms with E-state index in [4.69, 9.17) is 20.8 Å². The lowest BCUT2D eigenvalue weighted by Crippen LogP contribution is -2.64. The topological polar surface area (TPSA) is 120 Å². The van der Waals surface area contributed by atoms with E-state index in [1.807, 2.05) is 47.7 Å². The van der Waals surface area contributed by atoms with Crippen molar-refractivity contribution in [1.82, 2.24) is 24.5 Å². The highest BCUT2D eigenvalue weighted by atomic mass is 32.1. The van der Waals surface area contributed by atoms with Gasteiger partial charge in [-0.1, -0.05) is 59.4 Å². The molecule has 10 nitrogen and oxygen atoms in total. The monoisotopic (exact) mass is 533 g/mol. The van der Waals surface area contributed by atoms with Gasteiger partial charge < -0.3 is 20.4 Å². The Morgan fingerprint density at radius 3 is 2.62 bits per heavy atom. The molecule has 1 unspecified atom stereocenters. The first-order chi connectivity index (χ1) is 17.8. The Morgan fingerprint density at radius 1 is 1.22 bits per heavy atom. The lowest BCUT2D eigenvalue weighted by molar-refractivity contribution is 0.0456. The molecule has 6 rings (SSSR count). The number of urea groups is 1.